The van der Waals surface area contributed by atoms with Crippen molar-refractivity contribution in [1.29, 1.82) is 0 Å². The van der Waals surface area contributed by atoms with Crippen molar-refractivity contribution in [2.45, 2.75) is 104 Å². The quantitative estimate of drug-likeness (QED) is 0.0841. The largest absolute Gasteiger partial charge is 0.393 e. The van der Waals surface area contributed by atoms with Crippen LogP contribution < -0.4 is 0 Å². The number of allylic oxidation sites excluding steroid dienone is 11. The van der Waals surface area contributed by atoms with Gasteiger partial charge < -0.3 is 9.47 Å². The number of hydrogen-bond acceptors (Lipinski definition) is 6. The Balaban J connectivity index is 1.73. The number of esters is 4. The Hall–Kier alpha value is -3.28. The summed E-state index contributed by atoms with van der Waals surface area (Å²) in [5.74, 6) is -1.88. The Kier molecular flexibility index (Phi) is 16.3. The molecule has 2 aliphatic heterocycles. The monoisotopic (exact) mass is 564 g/mol. The van der Waals surface area contributed by atoms with Gasteiger partial charge in [-0.05, 0) is 76.5 Å². The molecule has 0 aromatic carbocycles. The van der Waals surface area contributed by atoms with Gasteiger partial charge in [0.15, 0.2) is 0 Å². The third kappa shape index (κ3) is 13.8. The van der Waals surface area contributed by atoms with Crippen LogP contribution in [0.4, 0.5) is 0 Å². The molecule has 3 atom stereocenters. The molecule has 0 N–H and O–H groups in total. The fourth-order valence-corrected chi connectivity index (χ4v) is 4.97. The van der Waals surface area contributed by atoms with E-state index in [1.807, 2.05) is 6.08 Å². The van der Waals surface area contributed by atoms with Crippen LogP contribution in [0.5, 0.6) is 0 Å². The number of hydrogen-bond donors (Lipinski definition) is 0. The molecule has 224 valence electrons. The molecular formula is C35H48O6. The lowest BCUT2D eigenvalue weighted by molar-refractivity contribution is -0.154. The van der Waals surface area contributed by atoms with Crippen molar-refractivity contribution in [2.75, 3.05) is 0 Å². The predicted molar refractivity (Wildman–Crippen MR) is 162 cm³/mol. The first kappa shape index (κ1) is 33.9. The summed E-state index contributed by atoms with van der Waals surface area (Å²) in [5.41, 5.74) is 2.58. The van der Waals surface area contributed by atoms with Crippen molar-refractivity contribution < 1.29 is 28.7 Å². The van der Waals surface area contributed by atoms with E-state index in [2.05, 4.69) is 78.5 Å². The molecular weight excluding hydrogens is 516 g/mol. The molecule has 6 nitrogen and oxygen atoms in total. The molecule has 0 aromatic heterocycles. The van der Waals surface area contributed by atoms with Crippen molar-refractivity contribution in [1.82, 2.24) is 0 Å². The zero-order valence-corrected chi connectivity index (χ0v) is 25.0. The van der Waals surface area contributed by atoms with Crippen LogP contribution in [-0.4, -0.2) is 23.9 Å². The normalized spacial score (nSPS) is 21.0. The molecule has 2 heterocycles. The summed E-state index contributed by atoms with van der Waals surface area (Å²) < 4.78 is 9.33. The summed E-state index contributed by atoms with van der Waals surface area (Å²) in [6.45, 7) is 8.28. The minimum absolute atomic E-state index is 0.179. The van der Waals surface area contributed by atoms with Gasteiger partial charge in [-0.1, -0.05) is 86.1 Å². The lowest BCUT2D eigenvalue weighted by atomic mass is 9.96. The van der Waals surface area contributed by atoms with Gasteiger partial charge in [-0.3, -0.25) is 19.2 Å². The topological polar surface area (TPSA) is 86.7 Å². The second kappa shape index (κ2) is 19.7. The average Bonchev–Trinajstić information content (AvgIpc) is 3.45. The molecule has 2 aliphatic rings. The van der Waals surface area contributed by atoms with E-state index in [-0.39, 0.29) is 30.6 Å². The third-order valence-electron chi connectivity index (χ3n) is 7.48. The molecule has 2 rings (SSSR count). The second-order valence-corrected chi connectivity index (χ2v) is 10.9. The van der Waals surface area contributed by atoms with Crippen LogP contribution in [0, 0.1) is 17.8 Å². The maximum absolute atomic E-state index is 11.8. The summed E-state index contributed by atoms with van der Waals surface area (Å²) in [6, 6.07) is 0. The van der Waals surface area contributed by atoms with Gasteiger partial charge in [-0.15, -0.1) is 6.58 Å². The van der Waals surface area contributed by atoms with E-state index in [1.165, 1.54) is 11.1 Å². The Morgan fingerprint density at radius 2 is 1.37 bits per heavy atom. The maximum Gasteiger partial charge on any atom is 0.317 e. The highest BCUT2D eigenvalue weighted by molar-refractivity contribution is 5.95. The molecule has 2 fully saturated rings. The fraction of sp³-hybridized carbons (Fsp3) is 0.543. The minimum atomic E-state index is -0.422. The van der Waals surface area contributed by atoms with Gasteiger partial charge in [0.2, 0.25) is 0 Å². The van der Waals surface area contributed by atoms with Crippen molar-refractivity contribution in [3.63, 3.8) is 0 Å². The van der Waals surface area contributed by atoms with Crippen molar-refractivity contribution in [3.05, 3.63) is 72.4 Å². The number of carbonyl (C=O) groups excluding carboxylic acids is 4. The SMILES string of the molecule is C=CC(C/C=C/CC/C(=C\CC1CC(=O)OC1=O)CCC)CC/C=C/C/C(=C/CC1CC(=O)OC1=O)C/C=C/CC. The van der Waals surface area contributed by atoms with Gasteiger partial charge in [0.05, 0.1) is 24.7 Å². The van der Waals surface area contributed by atoms with Gasteiger partial charge in [-0.25, -0.2) is 0 Å². The Morgan fingerprint density at radius 3 is 1.90 bits per heavy atom. The molecule has 0 bridgehead atoms. The smallest absolute Gasteiger partial charge is 0.317 e. The van der Waals surface area contributed by atoms with E-state index in [4.69, 9.17) is 0 Å². The summed E-state index contributed by atoms with van der Waals surface area (Å²) >= 11 is 0. The zero-order valence-electron chi connectivity index (χ0n) is 25.0. The first-order valence-corrected chi connectivity index (χ1v) is 15.3. The third-order valence-corrected chi connectivity index (χ3v) is 7.48. The number of cyclic esters (lactones) is 4. The Morgan fingerprint density at radius 1 is 0.780 bits per heavy atom. The van der Waals surface area contributed by atoms with E-state index >= 15 is 0 Å². The van der Waals surface area contributed by atoms with Crippen LogP contribution in [0.25, 0.3) is 0 Å². The molecule has 0 aromatic rings. The Bertz CT molecular complexity index is 1040. The van der Waals surface area contributed by atoms with Gasteiger partial charge >= 0.3 is 23.9 Å². The molecule has 0 aliphatic carbocycles. The second-order valence-electron chi connectivity index (χ2n) is 10.9. The van der Waals surface area contributed by atoms with Crippen molar-refractivity contribution >= 4 is 23.9 Å². The van der Waals surface area contributed by atoms with E-state index in [9.17, 15) is 19.2 Å². The van der Waals surface area contributed by atoms with Crippen molar-refractivity contribution in [2.24, 2.45) is 17.8 Å². The van der Waals surface area contributed by atoms with E-state index in [0.29, 0.717) is 18.8 Å². The molecule has 3 unspecified atom stereocenters. The van der Waals surface area contributed by atoms with Crippen molar-refractivity contribution in [3.8, 4) is 0 Å². The summed E-state index contributed by atoms with van der Waals surface area (Å²) in [6.07, 6.45) is 30.6. The lowest BCUT2D eigenvalue weighted by Gasteiger charge is -2.09. The van der Waals surface area contributed by atoms with Crippen LogP contribution in [0.15, 0.2) is 72.4 Å². The zero-order chi connectivity index (χ0) is 29.9. The molecule has 2 saturated heterocycles. The van der Waals surface area contributed by atoms with Crippen LogP contribution in [0.2, 0.25) is 0 Å². The summed E-state index contributed by atoms with van der Waals surface area (Å²) in [5, 5.41) is 0. The molecule has 0 spiro atoms. The van der Waals surface area contributed by atoms with Gasteiger partial charge in [0.25, 0.3) is 0 Å². The van der Waals surface area contributed by atoms with Gasteiger partial charge in [-0.2, -0.15) is 0 Å². The highest BCUT2D eigenvalue weighted by Crippen LogP contribution is 2.24. The van der Waals surface area contributed by atoms with Crippen LogP contribution in [0.3, 0.4) is 0 Å². The number of rotatable bonds is 20. The number of carbonyl (C=O) groups is 4. The van der Waals surface area contributed by atoms with Gasteiger partial charge in [0, 0.05) is 0 Å². The first-order chi connectivity index (χ1) is 19.9. The van der Waals surface area contributed by atoms with Gasteiger partial charge in [0.1, 0.15) is 0 Å². The standard InChI is InChI=1S/C35H48O6/c1-4-7-10-18-29(22-24-31-26-33(37)41-35(31)39)20-14-9-12-17-27(6-3)16-11-8-13-19-28(15-5-2)21-23-30-25-32(36)40-34(30)38/h6-11,14,21-22,27,30-31H,3-5,12-13,15-20,23-26H2,1-2H3/b10-7+,11-8+,14-9+,28-21-,29-22+. The van der Waals surface area contributed by atoms with E-state index in [0.717, 1.165) is 64.2 Å². The predicted octanol–water partition coefficient (Wildman–Crippen LogP) is 8.21. The highest BCUT2D eigenvalue weighted by Gasteiger charge is 2.33. The summed E-state index contributed by atoms with van der Waals surface area (Å²) in [7, 11) is 0. The van der Waals surface area contributed by atoms with Crippen LogP contribution in [-0.2, 0) is 28.7 Å². The lowest BCUT2D eigenvalue weighted by Crippen LogP contribution is -2.06. The molecule has 0 radical (unpaired) electrons. The van der Waals surface area contributed by atoms with Crippen LogP contribution in [0.1, 0.15) is 104 Å². The van der Waals surface area contributed by atoms with E-state index < -0.39 is 17.9 Å². The molecule has 0 saturated carbocycles. The summed E-state index contributed by atoms with van der Waals surface area (Å²) in [4.78, 5) is 46.1. The Labute approximate surface area is 246 Å². The fourth-order valence-electron chi connectivity index (χ4n) is 4.97. The first-order valence-electron chi connectivity index (χ1n) is 15.3. The highest BCUT2D eigenvalue weighted by atomic mass is 16.6. The maximum atomic E-state index is 11.8. The van der Waals surface area contributed by atoms with Crippen LogP contribution >= 0.6 is 0 Å². The van der Waals surface area contributed by atoms with E-state index in [1.54, 1.807) is 0 Å². The average molecular weight is 565 g/mol. The number of ether oxygens (including phenoxy) is 2. The molecule has 41 heavy (non-hydrogen) atoms. The molecule has 6 heteroatoms. The minimum Gasteiger partial charge on any atom is -0.393 e. The molecule has 0 amide bonds.